The molecule has 0 radical (unpaired) electrons. The largest absolute Gasteiger partial charge is 0.503 e. The van der Waals surface area contributed by atoms with Gasteiger partial charge in [0.05, 0.1) is 23.7 Å². The Morgan fingerprint density at radius 1 is 1.25 bits per heavy atom. The number of rotatable bonds is 6. The van der Waals surface area contributed by atoms with Crippen LogP contribution < -0.4 is 10.5 Å². The lowest BCUT2D eigenvalue weighted by Gasteiger charge is -2.22. The summed E-state index contributed by atoms with van der Waals surface area (Å²) >= 11 is 6.68. The fourth-order valence-corrected chi connectivity index (χ4v) is 2.89. The van der Waals surface area contributed by atoms with Crippen molar-refractivity contribution in [2.45, 2.75) is 38.8 Å². The summed E-state index contributed by atoms with van der Waals surface area (Å²) in [5.74, 6) is 0.843. The number of methoxy groups -OCH3 is 1. The molecule has 0 aliphatic heterocycles. The van der Waals surface area contributed by atoms with E-state index in [1.165, 1.54) is 7.11 Å². The summed E-state index contributed by atoms with van der Waals surface area (Å²) in [5, 5.41) is 20.1. The van der Waals surface area contributed by atoms with E-state index in [-0.39, 0.29) is 5.75 Å². The number of hydrogen-bond donors (Lipinski definition) is 3. The zero-order valence-electron chi connectivity index (χ0n) is 11.9. The van der Waals surface area contributed by atoms with Crippen molar-refractivity contribution in [1.82, 2.24) is 0 Å². The molecule has 4 nitrogen and oxygen atoms in total. The maximum atomic E-state index is 10.2. The summed E-state index contributed by atoms with van der Waals surface area (Å²) in [5.41, 5.74) is 6.83. The van der Waals surface area contributed by atoms with Gasteiger partial charge in [-0.2, -0.15) is 0 Å². The molecule has 0 aliphatic rings. The number of phenols is 1. The number of benzene rings is 1. The quantitative estimate of drug-likeness (QED) is 0.667. The van der Waals surface area contributed by atoms with Crippen molar-refractivity contribution in [3.8, 4) is 11.5 Å². The molecule has 0 fully saturated rings. The SMILES string of the molecule is COc1cc([C@@H](N)[C@@H](O)CCC(C)C)c(Br)c(Br)c1O. The molecule has 6 heteroatoms. The molecule has 0 aliphatic carbocycles. The third-order valence-electron chi connectivity index (χ3n) is 3.21. The molecule has 20 heavy (non-hydrogen) atoms. The Bertz CT molecular complexity index is 466. The van der Waals surface area contributed by atoms with Crippen molar-refractivity contribution in [3.63, 3.8) is 0 Å². The third kappa shape index (κ3) is 4.10. The van der Waals surface area contributed by atoms with Gasteiger partial charge >= 0.3 is 0 Å². The highest BCUT2D eigenvalue weighted by molar-refractivity contribution is 9.13. The molecule has 0 unspecified atom stereocenters. The molecule has 0 aromatic heterocycles. The van der Waals surface area contributed by atoms with Crippen molar-refractivity contribution in [2.75, 3.05) is 7.11 Å². The van der Waals surface area contributed by atoms with Crippen LogP contribution in [0.25, 0.3) is 0 Å². The van der Waals surface area contributed by atoms with Gasteiger partial charge in [0.1, 0.15) is 0 Å². The van der Waals surface area contributed by atoms with Crippen LogP contribution in [-0.4, -0.2) is 23.4 Å². The van der Waals surface area contributed by atoms with E-state index >= 15 is 0 Å². The first-order valence-electron chi connectivity index (χ1n) is 6.48. The zero-order valence-corrected chi connectivity index (χ0v) is 15.0. The van der Waals surface area contributed by atoms with E-state index in [2.05, 4.69) is 45.7 Å². The molecule has 0 saturated heterocycles. The second-order valence-corrected chi connectivity index (χ2v) is 6.79. The molecule has 1 aromatic carbocycles. The molecule has 0 amide bonds. The van der Waals surface area contributed by atoms with E-state index in [0.717, 1.165) is 6.42 Å². The molecule has 1 rings (SSSR count). The van der Waals surface area contributed by atoms with Crippen molar-refractivity contribution in [2.24, 2.45) is 11.7 Å². The maximum Gasteiger partial charge on any atom is 0.173 e. The molecule has 0 heterocycles. The van der Waals surface area contributed by atoms with Crippen molar-refractivity contribution in [1.29, 1.82) is 0 Å². The number of aliphatic hydroxyl groups excluding tert-OH is 1. The minimum absolute atomic E-state index is 0.00648. The van der Waals surface area contributed by atoms with Gasteiger partial charge in [0.2, 0.25) is 0 Å². The van der Waals surface area contributed by atoms with Crippen LogP contribution >= 0.6 is 31.9 Å². The second-order valence-electron chi connectivity index (χ2n) is 5.21. The lowest BCUT2D eigenvalue weighted by molar-refractivity contribution is 0.128. The van der Waals surface area contributed by atoms with E-state index in [1.54, 1.807) is 6.07 Å². The van der Waals surface area contributed by atoms with Gasteiger partial charge < -0.3 is 20.7 Å². The lowest BCUT2D eigenvalue weighted by Crippen LogP contribution is -2.27. The second kappa shape index (κ2) is 7.64. The minimum atomic E-state index is -0.644. The van der Waals surface area contributed by atoms with E-state index in [4.69, 9.17) is 10.5 Å². The Hall–Kier alpha value is -0.300. The highest BCUT2D eigenvalue weighted by atomic mass is 79.9. The average Bonchev–Trinajstić information content (AvgIpc) is 2.41. The number of nitrogens with two attached hydrogens (primary N) is 1. The summed E-state index contributed by atoms with van der Waals surface area (Å²) in [7, 11) is 1.47. The molecule has 4 N–H and O–H groups in total. The van der Waals surface area contributed by atoms with E-state index < -0.39 is 12.1 Å². The number of phenolic OH excluding ortho intramolecular Hbond substituents is 1. The number of aliphatic hydroxyl groups is 1. The van der Waals surface area contributed by atoms with Gasteiger partial charge in [-0.1, -0.05) is 13.8 Å². The van der Waals surface area contributed by atoms with Crippen LogP contribution in [0.1, 0.15) is 38.3 Å². The summed E-state index contributed by atoms with van der Waals surface area (Å²) in [6.45, 7) is 4.21. The van der Waals surface area contributed by atoms with Gasteiger partial charge in [-0.15, -0.1) is 0 Å². The fourth-order valence-electron chi connectivity index (χ4n) is 1.90. The predicted molar refractivity (Wildman–Crippen MR) is 87.1 cm³/mol. The first kappa shape index (κ1) is 17.8. The topological polar surface area (TPSA) is 75.7 Å². The van der Waals surface area contributed by atoms with Gasteiger partial charge in [-0.05, 0) is 62.2 Å². The first-order valence-corrected chi connectivity index (χ1v) is 8.06. The Balaban J connectivity index is 3.03. The van der Waals surface area contributed by atoms with E-state index in [9.17, 15) is 10.2 Å². The van der Waals surface area contributed by atoms with Gasteiger partial charge in [0, 0.05) is 4.47 Å². The summed E-state index contributed by atoms with van der Waals surface area (Å²) in [6.07, 6.45) is 0.893. The lowest BCUT2D eigenvalue weighted by atomic mass is 9.96. The van der Waals surface area contributed by atoms with Gasteiger partial charge in [-0.3, -0.25) is 0 Å². The van der Waals surface area contributed by atoms with Crippen molar-refractivity contribution in [3.05, 3.63) is 20.6 Å². The highest BCUT2D eigenvalue weighted by Gasteiger charge is 2.24. The Kier molecular flexibility index (Phi) is 6.78. The summed E-state index contributed by atoms with van der Waals surface area (Å²) in [4.78, 5) is 0. The van der Waals surface area contributed by atoms with Crippen LogP contribution in [0.3, 0.4) is 0 Å². The molecule has 0 spiro atoms. The number of halogens is 2. The molecular weight excluding hydrogens is 390 g/mol. The van der Waals surface area contributed by atoms with Gasteiger partial charge in [0.25, 0.3) is 0 Å². The summed E-state index contributed by atoms with van der Waals surface area (Å²) in [6, 6.07) is 1.10. The minimum Gasteiger partial charge on any atom is -0.503 e. The Labute approximate surface area is 136 Å². The molecule has 0 saturated carbocycles. The van der Waals surface area contributed by atoms with Gasteiger partial charge in [-0.25, -0.2) is 0 Å². The van der Waals surface area contributed by atoms with Crippen LogP contribution in [0, 0.1) is 5.92 Å². The van der Waals surface area contributed by atoms with E-state index in [0.29, 0.717) is 32.6 Å². The smallest absolute Gasteiger partial charge is 0.173 e. The zero-order chi connectivity index (χ0) is 15.4. The van der Waals surface area contributed by atoms with Crippen molar-refractivity contribution >= 4 is 31.9 Å². The molecule has 114 valence electrons. The maximum absolute atomic E-state index is 10.2. The monoisotopic (exact) mass is 409 g/mol. The normalized spacial score (nSPS) is 14.4. The number of hydrogen-bond acceptors (Lipinski definition) is 4. The first-order chi connectivity index (χ1) is 9.29. The molecule has 1 aromatic rings. The Morgan fingerprint density at radius 3 is 2.35 bits per heavy atom. The predicted octanol–water partition coefficient (Wildman–Crippen LogP) is 3.72. The number of ether oxygens (including phenoxy) is 1. The third-order valence-corrected chi connectivity index (χ3v) is 5.37. The summed E-state index contributed by atoms with van der Waals surface area (Å²) < 4.78 is 6.21. The van der Waals surface area contributed by atoms with Crippen molar-refractivity contribution < 1.29 is 14.9 Å². The van der Waals surface area contributed by atoms with Crippen LogP contribution in [-0.2, 0) is 0 Å². The van der Waals surface area contributed by atoms with Gasteiger partial charge in [0.15, 0.2) is 11.5 Å². The van der Waals surface area contributed by atoms with Crippen LogP contribution in [0.2, 0.25) is 0 Å². The molecular formula is C14H21Br2NO3. The molecule has 0 bridgehead atoms. The van der Waals surface area contributed by atoms with E-state index in [1.807, 2.05) is 0 Å². The number of aromatic hydroxyl groups is 1. The molecule has 2 atom stereocenters. The standard InChI is InChI=1S/C14H21Br2NO3/c1-7(2)4-5-9(18)13(17)8-6-10(20-3)14(19)12(16)11(8)15/h6-7,9,13,18-19H,4-5,17H2,1-3H3/t9-,13+/m0/s1. The Morgan fingerprint density at radius 2 is 1.85 bits per heavy atom. The van der Waals surface area contributed by atoms with Crippen LogP contribution in [0.4, 0.5) is 0 Å². The van der Waals surface area contributed by atoms with Crippen LogP contribution in [0.15, 0.2) is 15.0 Å². The highest BCUT2D eigenvalue weighted by Crippen LogP contribution is 2.43. The average molecular weight is 411 g/mol. The van der Waals surface area contributed by atoms with Crippen LogP contribution in [0.5, 0.6) is 11.5 Å². The fraction of sp³-hybridized carbons (Fsp3) is 0.571.